The fourth-order valence-electron chi connectivity index (χ4n) is 1.63. The van der Waals surface area contributed by atoms with Gasteiger partial charge in [0, 0.05) is 5.54 Å². The third-order valence-corrected chi connectivity index (χ3v) is 3.23. The van der Waals surface area contributed by atoms with Crippen LogP contribution in [-0.4, -0.2) is 16.4 Å². The lowest BCUT2D eigenvalue weighted by molar-refractivity contribution is 0.0902. The second-order valence-electron chi connectivity index (χ2n) is 4.93. The molecule has 0 atom stereocenters. The number of hydrogen-bond donors (Lipinski definition) is 1. The Morgan fingerprint density at radius 2 is 2.22 bits per heavy atom. The normalized spacial score (nSPS) is 11.4. The van der Waals surface area contributed by atoms with Crippen LogP contribution in [0.15, 0.2) is 16.7 Å². The average molecular weight is 317 g/mol. The van der Waals surface area contributed by atoms with Crippen LogP contribution < -0.4 is 5.32 Å². The molecule has 0 radical (unpaired) electrons. The maximum Gasteiger partial charge on any atom is 0.271 e. The Morgan fingerprint density at radius 3 is 2.78 bits per heavy atom. The number of amides is 1. The molecule has 0 aliphatic heterocycles. The van der Waals surface area contributed by atoms with E-state index in [-0.39, 0.29) is 17.1 Å². The van der Waals surface area contributed by atoms with Crippen molar-refractivity contribution in [2.24, 2.45) is 0 Å². The van der Waals surface area contributed by atoms with Crippen molar-refractivity contribution in [2.45, 2.75) is 45.6 Å². The molecule has 1 aromatic heterocycles. The van der Waals surface area contributed by atoms with Gasteiger partial charge in [0.15, 0.2) is 0 Å². The van der Waals surface area contributed by atoms with Gasteiger partial charge in [-0.2, -0.15) is 0 Å². The fourth-order valence-corrected chi connectivity index (χ4v) is 2.13. The summed E-state index contributed by atoms with van der Waals surface area (Å²) in [6, 6.07) is 1.24. The van der Waals surface area contributed by atoms with Crippen LogP contribution in [0.1, 0.15) is 50.5 Å². The van der Waals surface area contributed by atoms with Crippen molar-refractivity contribution in [3.63, 3.8) is 0 Å². The summed E-state index contributed by atoms with van der Waals surface area (Å²) in [5.74, 6) is -0.758. The highest BCUT2D eigenvalue weighted by molar-refractivity contribution is 9.10. The molecule has 0 aliphatic carbocycles. The highest BCUT2D eigenvalue weighted by Crippen LogP contribution is 2.18. The van der Waals surface area contributed by atoms with E-state index in [1.807, 2.05) is 13.8 Å². The van der Waals surface area contributed by atoms with E-state index in [1.54, 1.807) is 0 Å². The van der Waals surface area contributed by atoms with Gasteiger partial charge >= 0.3 is 0 Å². The molecule has 1 N–H and O–H groups in total. The molecule has 3 nitrogen and oxygen atoms in total. The molecule has 0 unspecified atom stereocenters. The Kier molecular flexibility index (Phi) is 5.26. The summed E-state index contributed by atoms with van der Waals surface area (Å²) < 4.78 is 13.3. The molecular weight excluding hydrogens is 299 g/mol. The number of aromatic nitrogens is 1. The molecule has 18 heavy (non-hydrogen) atoms. The van der Waals surface area contributed by atoms with Crippen molar-refractivity contribution in [2.75, 3.05) is 0 Å². The van der Waals surface area contributed by atoms with E-state index in [0.717, 1.165) is 25.5 Å². The molecule has 100 valence electrons. The third kappa shape index (κ3) is 4.37. The molecule has 0 bridgehead atoms. The topological polar surface area (TPSA) is 42.0 Å². The van der Waals surface area contributed by atoms with Crippen molar-refractivity contribution >= 4 is 21.8 Å². The van der Waals surface area contributed by atoms with E-state index in [4.69, 9.17) is 0 Å². The molecule has 0 spiro atoms. The standard InChI is InChI=1S/C13H18BrFN2O/c1-4-5-6-13(2,3)17-12(18)11-10(14)7-9(15)8-16-11/h7-8H,4-6H2,1-3H3,(H,17,18). The van der Waals surface area contributed by atoms with Gasteiger partial charge in [-0.3, -0.25) is 4.79 Å². The van der Waals surface area contributed by atoms with Crippen molar-refractivity contribution in [3.05, 3.63) is 28.2 Å². The summed E-state index contributed by atoms with van der Waals surface area (Å²) in [4.78, 5) is 15.8. The molecule has 0 saturated heterocycles. The second kappa shape index (κ2) is 6.27. The minimum atomic E-state index is -0.469. The van der Waals surface area contributed by atoms with Crippen LogP contribution in [0, 0.1) is 5.82 Å². The van der Waals surface area contributed by atoms with E-state index >= 15 is 0 Å². The first-order valence-corrected chi connectivity index (χ1v) is 6.78. The predicted octanol–water partition coefficient (Wildman–Crippen LogP) is 3.68. The zero-order valence-electron chi connectivity index (χ0n) is 10.9. The van der Waals surface area contributed by atoms with E-state index in [9.17, 15) is 9.18 Å². The van der Waals surface area contributed by atoms with Crippen LogP contribution in [0.2, 0.25) is 0 Å². The van der Waals surface area contributed by atoms with E-state index in [2.05, 4.69) is 33.2 Å². The third-order valence-electron chi connectivity index (χ3n) is 2.63. The lowest BCUT2D eigenvalue weighted by Crippen LogP contribution is -2.43. The molecule has 5 heteroatoms. The first-order valence-electron chi connectivity index (χ1n) is 5.99. The Balaban J connectivity index is 2.76. The molecule has 0 saturated carbocycles. The molecular formula is C13H18BrFN2O. The van der Waals surface area contributed by atoms with Crippen LogP contribution in [-0.2, 0) is 0 Å². The quantitative estimate of drug-likeness (QED) is 0.900. The van der Waals surface area contributed by atoms with Crippen LogP contribution in [0.25, 0.3) is 0 Å². The number of carbonyl (C=O) groups excluding carboxylic acids is 1. The smallest absolute Gasteiger partial charge is 0.271 e. The SMILES string of the molecule is CCCCC(C)(C)NC(=O)c1ncc(F)cc1Br. The monoisotopic (exact) mass is 316 g/mol. The van der Waals surface area contributed by atoms with Gasteiger partial charge in [0.25, 0.3) is 5.91 Å². The Labute approximate surface area is 115 Å². The lowest BCUT2D eigenvalue weighted by Gasteiger charge is -2.26. The van der Waals surface area contributed by atoms with Crippen LogP contribution in [0.3, 0.4) is 0 Å². The minimum Gasteiger partial charge on any atom is -0.346 e. The summed E-state index contributed by atoms with van der Waals surface area (Å²) in [7, 11) is 0. The molecule has 1 amide bonds. The van der Waals surface area contributed by atoms with Gasteiger partial charge in [-0.05, 0) is 42.3 Å². The molecule has 0 aliphatic rings. The predicted molar refractivity (Wildman–Crippen MR) is 73.0 cm³/mol. The molecule has 1 aromatic rings. The highest BCUT2D eigenvalue weighted by atomic mass is 79.9. The Hall–Kier alpha value is -0.970. The lowest BCUT2D eigenvalue weighted by atomic mass is 9.97. The first kappa shape index (κ1) is 15.1. The van der Waals surface area contributed by atoms with Crippen LogP contribution in [0.5, 0.6) is 0 Å². The Morgan fingerprint density at radius 1 is 1.56 bits per heavy atom. The summed E-state index contributed by atoms with van der Waals surface area (Å²) in [6.07, 6.45) is 4.07. The number of carbonyl (C=O) groups is 1. The number of rotatable bonds is 5. The minimum absolute atomic E-state index is 0.209. The summed E-state index contributed by atoms with van der Waals surface area (Å²) in [5.41, 5.74) is -0.0799. The van der Waals surface area contributed by atoms with Gasteiger partial charge in [-0.1, -0.05) is 19.8 Å². The molecule has 0 aromatic carbocycles. The van der Waals surface area contributed by atoms with Gasteiger partial charge in [0.1, 0.15) is 11.5 Å². The van der Waals surface area contributed by atoms with Gasteiger partial charge in [-0.25, -0.2) is 9.37 Å². The van der Waals surface area contributed by atoms with Gasteiger partial charge in [0.2, 0.25) is 0 Å². The second-order valence-corrected chi connectivity index (χ2v) is 5.78. The number of nitrogens with zero attached hydrogens (tertiary/aromatic N) is 1. The molecule has 1 heterocycles. The number of halogens is 2. The number of pyridine rings is 1. The van der Waals surface area contributed by atoms with Crippen molar-refractivity contribution in [1.82, 2.24) is 10.3 Å². The number of nitrogens with one attached hydrogen (secondary N) is 1. The van der Waals surface area contributed by atoms with Crippen molar-refractivity contribution < 1.29 is 9.18 Å². The average Bonchev–Trinajstić information content (AvgIpc) is 2.25. The van der Waals surface area contributed by atoms with E-state index in [0.29, 0.717) is 4.47 Å². The molecule has 1 rings (SSSR count). The zero-order chi connectivity index (χ0) is 13.8. The first-order chi connectivity index (χ1) is 8.35. The summed E-state index contributed by atoms with van der Waals surface area (Å²) >= 11 is 3.14. The summed E-state index contributed by atoms with van der Waals surface area (Å²) in [6.45, 7) is 6.05. The van der Waals surface area contributed by atoms with Gasteiger partial charge < -0.3 is 5.32 Å². The molecule has 0 fully saturated rings. The zero-order valence-corrected chi connectivity index (χ0v) is 12.5. The van der Waals surface area contributed by atoms with Gasteiger partial charge in [-0.15, -0.1) is 0 Å². The number of hydrogen-bond acceptors (Lipinski definition) is 2. The van der Waals surface area contributed by atoms with Crippen molar-refractivity contribution in [1.29, 1.82) is 0 Å². The Bertz CT molecular complexity index is 435. The summed E-state index contributed by atoms with van der Waals surface area (Å²) in [5, 5.41) is 2.91. The highest BCUT2D eigenvalue weighted by Gasteiger charge is 2.22. The fraction of sp³-hybridized carbons (Fsp3) is 0.538. The van der Waals surface area contributed by atoms with E-state index < -0.39 is 5.82 Å². The van der Waals surface area contributed by atoms with Crippen LogP contribution >= 0.6 is 15.9 Å². The number of unbranched alkanes of at least 4 members (excludes halogenated alkanes) is 1. The van der Waals surface area contributed by atoms with Crippen molar-refractivity contribution in [3.8, 4) is 0 Å². The van der Waals surface area contributed by atoms with Crippen LogP contribution in [0.4, 0.5) is 4.39 Å². The van der Waals surface area contributed by atoms with Gasteiger partial charge in [0.05, 0.1) is 10.7 Å². The van der Waals surface area contributed by atoms with E-state index in [1.165, 1.54) is 6.07 Å². The maximum atomic E-state index is 12.9. The maximum absolute atomic E-state index is 12.9. The largest absolute Gasteiger partial charge is 0.346 e.